The monoisotopic (exact) mass is 377 g/mol. The Kier molecular flexibility index (Phi) is 2.96. The number of aromatic nitrogens is 1. The third kappa shape index (κ3) is 2.18. The first kappa shape index (κ1) is 10.6. The second-order valence-corrected chi connectivity index (χ2v) is 9.68. The van der Waals surface area contributed by atoms with Gasteiger partial charge in [-0.05, 0) is 12.1 Å². The van der Waals surface area contributed by atoms with Gasteiger partial charge in [0.2, 0.25) is 0 Å². The van der Waals surface area contributed by atoms with Crippen molar-refractivity contribution < 1.29 is 0 Å². The van der Waals surface area contributed by atoms with Crippen molar-refractivity contribution in [1.82, 2.24) is 4.98 Å². The molecule has 0 aliphatic carbocycles. The minimum atomic E-state index is -0.385. The number of halogens is 3. The summed E-state index contributed by atoms with van der Waals surface area (Å²) >= 11 is 10.4. The number of hydrogen-bond acceptors (Lipinski definition) is 1. The highest BCUT2D eigenvalue weighted by Crippen LogP contribution is 2.44. The number of benzene rings is 1. The Morgan fingerprint density at radius 3 is 2.50 bits per heavy atom. The van der Waals surface area contributed by atoms with E-state index < -0.39 is 0 Å². The fourth-order valence-electron chi connectivity index (χ4n) is 1.23. The minimum Gasteiger partial charge on any atom is -0.256 e. The summed E-state index contributed by atoms with van der Waals surface area (Å²) in [4.78, 5) is 4.36. The molecule has 1 aromatic carbocycles. The zero-order valence-corrected chi connectivity index (χ0v) is 11.8. The number of nitrogens with zero attached hydrogens (tertiary/aromatic N) is 1. The van der Waals surface area contributed by atoms with Crippen LogP contribution in [0.3, 0.4) is 0 Å². The number of fused-ring (bicyclic) bond motifs is 1. The maximum absolute atomic E-state index is 4.36. The van der Waals surface area contributed by atoms with E-state index in [0.717, 1.165) is 16.5 Å². The maximum Gasteiger partial charge on any atom is 0.161 e. The van der Waals surface area contributed by atoms with E-state index in [1.165, 1.54) is 0 Å². The number of alkyl halides is 3. The average Bonchev–Trinajstić information content (AvgIpc) is 2.16. The Labute approximate surface area is 107 Å². The molecule has 1 aromatic heterocycles. The van der Waals surface area contributed by atoms with Gasteiger partial charge in [-0.2, -0.15) is 0 Å². The minimum absolute atomic E-state index is 0.385. The second kappa shape index (κ2) is 3.91. The first-order valence-electron chi connectivity index (χ1n) is 3.99. The smallest absolute Gasteiger partial charge is 0.161 e. The standard InChI is InChI=1S/C10H6Br3N/c11-10(12,13)8-5-7-3-1-2-4-9(7)14-6-8/h1-6H. The summed E-state index contributed by atoms with van der Waals surface area (Å²) < 4.78 is -0.385. The van der Waals surface area contributed by atoms with Gasteiger partial charge in [0.25, 0.3) is 0 Å². The fraction of sp³-hybridized carbons (Fsp3) is 0.100. The van der Waals surface area contributed by atoms with E-state index in [9.17, 15) is 0 Å². The summed E-state index contributed by atoms with van der Waals surface area (Å²) in [5.74, 6) is 0. The average molecular weight is 380 g/mol. The van der Waals surface area contributed by atoms with Gasteiger partial charge in [0.05, 0.1) is 5.52 Å². The van der Waals surface area contributed by atoms with Crippen molar-refractivity contribution in [2.75, 3.05) is 0 Å². The molecule has 1 heterocycles. The number of hydrogen-bond donors (Lipinski definition) is 0. The predicted molar refractivity (Wildman–Crippen MR) is 70.2 cm³/mol. The van der Waals surface area contributed by atoms with E-state index in [0.29, 0.717) is 0 Å². The van der Waals surface area contributed by atoms with E-state index in [4.69, 9.17) is 0 Å². The van der Waals surface area contributed by atoms with Crippen LogP contribution in [0.1, 0.15) is 5.56 Å². The molecule has 0 amide bonds. The van der Waals surface area contributed by atoms with Gasteiger partial charge in [-0.25, -0.2) is 0 Å². The van der Waals surface area contributed by atoms with Gasteiger partial charge in [-0.3, -0.25) is 4.98 Å². The maximum atomic E-state index is 4.36. The van der Waals surface area contributed by atoms with Crippen LogP contribution in [-0.2, 0) is 2.14 Å². The highest BCUT2D eigenvalue weighted by molar-refractivity contribution is 9.38. The van der Waals surface area contributed by atoms with Crippen molar-refractivity contribution in [2.24, 2.45) is 0 Å². The van der Waals surface area contributed by atoms with E-state index in [1.54, 1.807) is 0 Å². The molecule has 0 saturated carbocycles. The van der Waals surface area contributed by atoms with Gasteiger partial charge < -0.3 is 0 Å². The number of pyridine rings is 1. The summed E-state index contributed by atoms with van der Waals surface area (Å²) in [5.41, 5.74) is 2.05. The molecule has 0 atom stereocenters. The highest BCUT2D eigenvalue weighted by Gasteiger charge is 2.21. The summed E-state index contributed by atoms with van der Waals surface area (Å²) in [6.45, 7) is 0. The van der Waals surface area contributed by atoms with Gasteiger partial charge in [0.15, 0.2) is 2.14 Å². The lowest BCUT2D eigenvalue weighted by Crippen LogP contribution is -1.98. The van der Waals surface area contributed by atoms with Gasteiger partial charge in [0, 0.05) is 17.1 Å². The van der Waals surface area contributed by atoms with Crippen LogP contribution < -0.4 is 0 Å². The van der Waals surface area contributed by atoms with E-state index in [1.807, 2.05) is 30.5 Å². The zero-order valence-electron chi connectivity index (χ0n) is 7.05. The molecule has 0 unspecified atom stereocenters. The Morgan fingerprint density at radius 2 is 1.79 bits per heavy atom. The molecular weight excluding hydrogens is 374 g/mol. The second-order valence-electron chi connectivity index (χ2n) is 2.91. The van der Waals surface area contributed by atoms with Crippen molar-refractivity contribution in [3.05, 3.63) is 42.1 Å². The Morgan fingerprint density at radius 1 is 1.07 bits per heavy atom. The molecule has 2 aromatic rings. The lowest BCUT2D eigenvalue weighted by Gasteiger charge is -2.12. The molecule has 72 valence electrons. The van der Waals surface area contributed by atoms with Crippen LogP contribution in [0.15, 0.2) is 36.5 Å². The highest BCUT2D eigenvalue weighted by atomic mass is 80.0. The van der Waals surface area contributed by atoms with Crippen LogP contribution in [0.5, 0.6) is 0 Å². The summed E-state index contributed by atoms with van der Waals surface area (Å²) in [6, 6.07) is 10.1. The van der Waals surface area contributed by atoms with Crippen LogP contribution in [0.2, 0.25) is 0 Å². The molecule has 0 bridgehead atoms. The first-order chi connectivity index (χ1) is 6.57. The lowest BCUT2D eigenvalue weighted by molar-refractivity contribution is 1.28. The van der Waals surface area contributed by atoms with Gasteiger partial charge in [0.1, 0.15) is 0 Å². The quantitative estimate of drug-likeness (QED) is 0.613. The fourth-order valence-corrected chi connectivity index (χ4v) is 1.88. The first-order valence-corrected chi connectivity index (χ1v) is 6.37. The molecule has 0 aliphatic rings. The van der Waals surface area contributed by atoms with Crippen molar-refractivity contribution in [1.29, 1.82) is 0 Å². The van der Waals surface area contributed by atoms with Crippen molar-refractivity contribution in [3.63, 3.8) is 0 Å². The molecule has 2 rings (SSSR count). The molecule has 0 fully saturated rings. The SMILES string of the molecule is BrC(Br)(Br)c1cnc2ccccc2c1. The van der Waals surface area contributed by atoms with Gasteiger partial charge in [-0.1, -0.05) is 66.0 Å². The van der Waals surface area contributed by atoms with E-state index in [-0.39, 0.29) is 2.14 Å². The molecule has 4 heteroatoms. The molecular formula is C10H6Br3N. The van der Waals surface area contributed by atoms with Crippen LogP contribution in [0.25, 0.3) is 10.9 Å². The van der Waals surface area contributed by atoms with Crippen molar-refractivity contribution in [2.45, 2.75) is 2.14 Å². The van der Waals surface area contributed by atoms with Gasteiger partial charge >= 0.3 is 0 Å². The Balaban J connectivity index is 2.63. The van der Waals surface area contributed by atoms with Crippen LogP contribution in [-0.4, -0.2) is 4.98 Å². The third-order valence-corrected chi connectivity index (χ3v) is 3.29. The molecule has 0 N–H and O–H groups in total. The summed E-state index contributed by atoms with van der Waals surface area (Å²) in [7, 11) is 0. The van der Waals surface area contributed by atoms with Gasteiger partial charge in [-0.15, -0.1) is 0 Å². The molecule has 1 nitrogen and oxygen atoms in total. The van der Waals surface area contributed by atoms with E-state index >= 15 is 0 Å². The summed E-state index contributed by atoms with van der Waals surface area (Å²) in [5, 5.41) is 1.13. The van der Waals surface area contributed by atoms with Crippen LogP contribution in [0.4, 0.5) is 0 Å². The molecule has 0 aliphatic heterocycles. The summed E-state index contributed by atoms with van der Waals surface area (Å²) in [6.07, 6.45) is 1.83. The molecule has 0 spiro atoms. The topological polar surface area (TPSA) is 12.9 Å². The number of para-hydroxylation sites is 1. The largest absolute Gasteiger partial charge is 0.256 e. The Hall–Kier alpha value is 0.0700. The Bertz CT molecular complexity index is 462. The zero-order chi connectivity index (χ0) is 10.2. The lowest BCUT2D eigenvalue weighted by atomic mass is 10.2. The molecule has 14 heavy (non-hydrogen) atoms. The molecule has 0 saturated heterocycles. The van der Waals surface area contributed by atoms with E-state index in [2.05, 4.69) is 58.8 Å². The van der Waals surface area contributed by atoms with Crippen molar-refractivity contribution >= 4 is 58.7 Å². The normalized spacial score (nSPS) is 11.9. The predicted octanol–water partition coefficient (Wildman–Crippen LogP) is 4.53. The van der Waals surface area contributed by atoms with Crippen LogP contribution in [0, 0.1) is 0 Å². The molecule has 0 radical (unpaired) electrons. The van der Waals surface area contributed by atoms with Crippen LogP contribution >= 0.6 is 47.8 Å². The number of rotatable bonds is 0. The van der Waals surface area contributed by atoms with Crippen molar-refractivity contribution in [3.8, 4) is 0 Å². The third-order valence-electron chi connectivity index (χ3n) is 1.92.